The van der Waals surface area contributed by atoms with E-state index in [1.165, 1.54) is 6.07 Å². The van der Waals surface area contributed by atoms with Crippen LogP contribution in [0, 0.1) is 0 Å². The molecule has 6 N–H and O–H groups in total. The molecule has 5 heteroatoms. The lowest BCUT2D eigenvalue weighted by Gasteiger charge is -2.02. The van der Waals surface area contributed by atoms with Crippen molar-refractivity contribution in [3.63, 3.8) is 0 Å². The molecule has 0 fully saturated rings. The van der Waals surface area contributed by atoms with E-state index in [-0.39, 0.29) is 23.7 Å². The molecule has 0 radical (unpaired) electrons. The van der Waals surface area contributed by atoms with Crippen LogP contribution in [0.5, 0.6) is 0 Å². The van der Waals surface area contributed by atoms with Crippen LogP contribution in [-0.2, 0) is 0 Å². The number of nitrogen functional groups attached to an aromatic ring is 2. The fourth-order valence-corrected chi connectivity index (χ4v) is 0.798. The van der Waals surface area contributed by atoms with E-state index in [1.54, 1.807) is 12.1 Å². The minimum atomic E-state index is -0.560. The van der Waals surface area contributed by atoms with Crippen LogP contribution in [0.3, 0.4) is 0 Å². The summed E-state index contributed by atoms with van der Waals surface area (Å²) in [7, 11) is 0. The Labute approximate surface area is 76.1 Å². The third-order valence-corrected chi connectivity index (χ3v) is 1.41. The van der Waals surface area contributed by atoms with E-state index in [1.807, 2.05) is 0 Å². The van der Waals surface area contributed by atoms with Gasteiger partial charge in [0.25, 0.3) is 5.91 Å². The van der Waals surface area contributed by atoms with Crippen LogP contribution in [0.1, 0.15) is 10.4 Å². The van der Waals surface area contributed by atoms with Gasteiger partial charge in [-0.05, 0) is 12.1 Å². The summed E-state index contributed by atoms with van der Waals surface area (Å²) in [6.45, 7) is 0. The second-order valence-electron chi connectivity index (χ2n) is 2.17. The van der Waals surface area contributed by atoms with E-state index < -0.39 is 5.91 Å². The first-order valence-electron chi connectivity index (χ1n) is 3.06. The number of hydrogen-bond donors (Lipinski definition) is 3. The van der Waals surface area contributed by atoms with Gasteiger partial charge in [0.2, 0.25) is 0 Å². The second kappa shape index (κ2) is 3.82. The highest BCUT2D eigenvalue weighted by Crippen LogP contribution is 2.18. The van der Waals surface area contributed by atoms with E-state index in [0.29, 0.717) is 5.69 Å². The molecular formula is C7H10ClN3O. The average molecular weight is 188 g/mol. The average Bonchev–Trinajstić information content (AvgIpc) is 1.94. The van der Waals surface area contributed by atoms with Gasteiger partial charge in [0.1, 0.15) is 0 Å². The monoisotopic (exact) mass is 187 g/mol. The molecule has 1 aromatic rings. The summed E-state index contributed by atoms with van der Waals surface area (Å²) >= 11 is 0. The van der Waals surface area contributed by atoms with Crippen LogP contribution >= 0.6 is 12.4 Å². The molecule has 0 bridgehead atoms. The Morgan fingerprint density at radius 2 is 1.83 bits per heavy atom. The predicted molar refractivity (Wildman–Crippen MR) is 51.0 cm³/mol. The molecule has 1 amide bonds. The smallest absolute Gasteiger partial charge is 0.250 e. The molecule has 0 aliphatic heterocycles. The van der Waals surface area contributed by atoms with Gasteiger partial charge in [0.15, 0.2) is 0 Å². The quantitative estimate of drug-likeness (QED) is 0.555. The first kappa shape index (κ1) is 10.6. The Morgan fingerprint density at radius 3 is 2.25 bits per heavy atom. The minimum Gasteiger partial charge on any atom is -0.397 e. The molecule has 12 heavy (non-hydrogen) atoms. The maximum Gasteiger partial charge on any atom is 0.250 e. The fraction of sp³-hybridized carbons (Fsp3) is 0. The molecule has 0 aliphatic rings. The Balaban J connectivity index is 0.00000121. The number of carbonyl (C=O) groups excluding carboxylic acids is 1. The summed E-state index contributed by atoms with van der Waals surface area (Å²) in [6.07, 6.45) is 0. The maximum atomic E-state index is 10.7. The fourth-order valence-electron chi connectivity index (χ4n) is 0.798. The lowest BCUT2D eigenvalue weighted by molar-refractivity contribution is 0.100. The summed E-state index contributed by atoms with van der Waals surface area (Å²) < 4.78 is 0. The molecule has 0 aliphatic carbocycles. The van der Waals surface area contributed by atoms with Gasteiger partial charge in [-0.25, -0.2) is 0 Å². The van der Waals surface area contributed by atoms with Gasteiger partial charge in [-0.15, -0.1) is 12.4 Å². The van der Waals surface area contributed by atoms with Crippen molar-refractivity contribution in [1.82, 2.24) is 0 Å². The molecule has 0 heterocycles. The van der Waals surface area contributed by atoms with E-state index in [2.05, 4.69) is 0 Å². The number of halogens is 1. The lowest BCUT2D eigenvalue weighted by Crippen LogP contribution is -2.14. The summed E-state index contributed by atoms with van der Waals surface area (Å²) in [6, 6.07) is 4.78. The van der Waals surface area contributed by atoms with Crippen molar-refractivity contribution in [3.8, 4) is 0 Å². The van der Waals surface area contributed by atoms with E-state index in [4.69, 9.17) is 17.2 Å². The number of benzene rings is 1. The molecule has 0 saturated carbocycles. The number of para-hydroxylation sites is 1. The van der Waals surface area contributed by atoms with Crippen molar-refractivity contribution >= 4 is 29.7 Å². The molecule has 1 aromatic carbocycles. The summed E-state index contributed by atoms with van der Waals surface area (Å²) in [4.78, 5) is 10.7. The summed E-state index contributed by atoms with van der Waals surface area (Å²) in [5.74, 6) is -0.560. The highest BCUT2D eigenvalue weighted by molar-refractivity contribution is 6.00. The normalized spacial score (nSPS) is 8.67. The van der Waals surface area contributed by atoms with Crippen molar-refractivity contribution in [2.45, 2.75) is 0 Å². The Kier molecular flexibility index (Phi) is 3.37. The maximum absolute atomic E-state index is 10.7. The topological polar surface area (TPSA) is 95.1 Å². The van der Waals surface area contributed by atoms with Crippen LogP contribution in [0.2, 0.25) is 0 Å². The molecule has 0 atom stereocenters. The van der Waals surface area contributed by atoms with Crippen molar-refractivity contribution in [1.29, 1.82) is 0 Å². The van der Waals surface area contributed by atoms with Crippen molar-refractivity contribution in [2.24, 2.45) is 5.73 Å². The molecule has 0 spiro atoms. The molecule has 0 unspecified atom stereocenters. The van der Waals surface area contributed by atoms with Crippen molar-refractivity contribution in [3.05, 3.63) is 23.8 Å². The van der Waals surface area contributed by atoms with Crippen molar-refractivity contribution < 1.29 is 4.79 Å². The van der Waals surface area contributed by atoms with Gasteiger partial charge in [0, 0.05) is 0 Å². The molecular weight excluding hydrogens is 178 g/mol. The molecule has 4 nitrogen and oxygen atoms in total. The van der Waals surface area contributed by atoms with Crippen LogP contribution in [0.4, 0.5) is 11.4 Å². The minimum absolute atomic E-state index is 0. The Hall–Kier alpha value is -1.42. The van der Waals surface area contributed by atoms with E-state index in [0.717, 1.165) is 0 Å². The predicted octanol–water partition coefficient (Wildman–Crippen LogP) is 0.372. The van der Waals surface area contributed by atoms with Gasteiger partial charge in [-0.3, -0.25) is 4.79 Å². The second-order valence-corrected chi connectivity index (χ2v) is 2.17. The third-order valence-electron chi connectivity index (χ3n) is 1.41. The number of carbonyl (C=O) groups is 1. The zero-order valence-corrected chi connectivity index (χ0v) is 7.10. The largest absolute Gasteiger partial charge is 0.397 e. The zero-order chi connectivity index (χ0) is 8.43. The Bertz CT molecular complexity index is 301. The SMILES string of the molecule is Cl.NC(=O)c1cccc(N)c1N. The first-order valence-corrected chi connectivity index (χ1v) is 3.06. The lowest BCUT2D eigenvalue weighted by atomic mass is 10.1. The highest BCUT2D eigenvalue weighted by Gasteiger charge is 2.05. The number of hydrogen-bond acceptors (Lipinski definition) is 3. The van der Waals surface area contributed by atoms with Gasteiger partial charge in [-0.1, -0.05) is 6.07 Å². The van der Waals surface area contributed by atoms with Crippen LogP contribution in [-0.4, -0.2) is 5.91 Å². The van der Waals surface area contributed by atoms with Gasteiger partial charge in [-0.2, -0.15) is 0 Å². The molecule has 0 saturated heterocycles. The van der Waals surface area contributed by atoms with Gasteiger partial charge < -0.3 is 17.2 Å². The van der Waals surface area contributed by atoms with Crippen molar-refractivity contribution in [2.75, 3.05) is 11.5 Å². The number of amides is 1. The van der Waals surface area contributed by atoms with Gasteiger partial charge in [0.05, 0.1) is 16.9 Å². The van der Waals surface area contributed by atoms with Crippen LogP contribution in [0.25, 0.3) is 0 Å². The van der Waals surface area contributed by atoms with Gasteiger partial charge >= 0.3 is 0 Å². The number of nitrogens with two attached hydrogens (primary N) is 3. The summed E-state index contributed by atoms with van der Waals surface area (Å²) in [5, 5.41) is 0. The molecule has 66 valence electrons. The number of rotatable bonds is 1. The third kappa shape index (κ3) is 1.79. The summed E-state index contributed by atoms with van der Waals surface area (Å²) in [5.41, 5.74) is 16.8. The van der Waals surface area contributed by atoms with E-state index in [9.17, 15) is 4.79 Å². The molecule has 1 rings (SSSR count). The van der Waals surface area contributed by atoms with Crippen LogP contribution < -0.4 is 17.2 Å². The highest BCUT2D eigenvalue weighted by atomic mass is 35.5. The Morgan fingerprint density at radius 1 is 1.25 bits per heavy atom. The zero-order valence-electron chi connectivity index (χ0n) is 6.28. The molecule has 0 aromatic heterocycles. The van der Waals surface area contributed by atoms with Crippen LogP contribution in [0.15, 0.2) is 18.2 Å². The first-order chi connectivity index (χ1) is 5.13. The van der Waals surface area contributed by atoms with E-state index >= 15 is 0 Å². The number of primary amides is 1. The number of anilines is 2. The standard InChI is InChI=1S/C7H9N3O.ClH/c8-5-3-1-2-4(6(5)9)7(10)11;/h1-3H,8-9H2,(H2,10,11);1H.